The molecule has 0 aromatic heterocycles. The van der Waals surface area contributed by atoms with E-state index < -0.39 is 0 Å². The molecule has 4 aromatic carbocycles. The SMILES string of the molecule is CC1=Cc2c(-c3cc(C)cc(C)c3)cccc2C1C[SiH2]CC1C(C)=Cc2c(-c3cc(C)cc(C)c3)cccc21. The summed E-state index contributed by atoms with van der Waals surface area (Å²) in [5.41, 5.74) is 20.0. The van der Waals surface area contributed by atoms with Gasteiger partial charge in [0.2, 0.25) is 0 Å². The molecule has 39 heavy (non-hydrogen) atoms. The van der Waals surface area contributed by atoms with Gasteiger partial charge in [-0.1, -0.05) is 130 Å². The zero-order valence-electron chi connectivity index (χ0n) is 24.4. The summed E-state index contributed by atoms with van der Waals surface area (Å²) in [4.78, 5) is 0. The molecule has 2 aliphatic rings. The third kappa shape index (κ3) is 4.90. The fourth-order valence-electron chi connectivity index (χ4n) is 7.30. The van der Waals surface area contributed by atoms with E-state index in [1.807, 2.05) is 0 Å². The van der Waals surface area contributed by atoms with Gasteiger partial charge in [-0.3, -0.25) is 0 Å². The van der Waals surface area contributed by atoms with Gasteiger partial charge in [0.1, 0.15) is 0 Å². The van der Waals surface area contributed by atoms with Crippen molar-refractivity contribution >= 4 is 21.7 Å². The highest BCUT2D eigenvalue weighted by atomic mass is 28.2. The Bertz CT molecular complexity index is 1480. The van der Waals surface area contributed by atoms with Crippen LogP contribution in [0.25, 0.3) is 34.4 Å². The quantitative estimate of drug-likeness (QED) is 0.220. The predicted molar refractivity (Wildman–Crippen MR) is 174 cm³/mol. The molecule has 0 amide bonds. The second-order valence-corrected chi connectivity index (χ2v) is 14.0. The lowest BCUT2D eigenvalue weighted by Gasteiger charge is -2.19. The van der Waals surface area contributed by atoms with E-state index in [9.17, 15) is 0 Å². The van der Waals surface area contributed by atoms with Crippen molar-refractivity contribution in [2.45, 2.75) is 65.5 Å². The molecule has 6 rings (SSSR count). The van der Waals surface area contributed by atoms with E-state index in [-0.39, 0.29) is 9.52 Å². The molecule has 0 saturated carbocycles. The summed E-state index contributed by atoms with van der Waals surface area (Å²) < 4.78 is 0. The summed E-state index contributed by atoms with van der Waals surface area (Å²) in [5.74, 6) is 1.17. The van der Waals surface area contributed by atoms with Gasteiger partial charge >= 0.3 is 0 Å². The standard InChI is InChI=1S/C38H40Si/c1-23-13-24(2)16-29(15-23)31-9-7-11-33-35(31)19-27(5)37(33)21-39-22-38-28(6)20-36-32(10-8-12-34(36)38)30-17-25(3)14-26(4)18-30/h7-20,37-38H,21-22,39H2,1-6H3. The van der Waals surface area contributed by atoms with Gasteiger partial charge in [-0.05, 0) is 86.1 Å². The molecule has 0 nitrogen and oxygen atoms in total. The van der Waals surface area contributed by atoms with E-state index in [1.54, 1.807) is 22.3 Å². The zero-order valence-corrected chi connectivity index (χ0v) is 25.8. The molecule has 0 bridgehead atoms. The van der Waals surface area contributed by atoms with Crippen LogP contribution < -0.4 is 0 Å². The summed E-state index contributed by atoms with van der Waals surface area (Å²) in [7, 11) is -0.248. The van der Waals surface area contributed by atoms with E-state index in [2.05, 4.69) is 126 Å². The number of allylic oxidation sites excluding steroid dienone is 2. The Labute approximate surface area is 237 Å². The number of rotatable bonds is 6. The maximum absolute atomic E-state index is 2.48. The normalized spacial score (nSPS) is 17.9. The molecular formula is C38H40Si. The van der Waals surface area contributed by atoms with Gasteiger partial charge in [0.05, 0.1) is 0 Å². The van der Waals surface area contributed by atoms with Gasteiger partial charge in [-0.2, -0.15) is 0 Å². The van der Waals surface area contributed by atoms with Crippen LogP contribution in [0.2, 0.25) is 12.1 Å². The van der Waals surface area contributed by atoms with E-state index in [4.69, 9.17) is 0 Å². The average Bonchev–Trinajstić information content (AvgIpc) is 3.38. The van der Waals surface area contributed by atoms with Crippen molar-refractivity contribution in [1.82, 2.24) is 0 Å². The summed E-state index contributed by atoms with van der Waals surface area (Å²) >= 11 is 0. The molecule has 0 aliphatic heterocycles. The fraction of sp³-hybridized carbons (Fsp3) is 0.263. The first-order chi connectivity index (χ1) is 18.8. The van der Waals surface area contributed by atoms with E-state index >= 15 is 0 Å². The second-order valence-electron chi connectivity index (χ2n) is 12.2. The van der Waals surface area contributed by atoms with Gasteiger partial charge in [0, 0.05) is 21.4 Å². The lowest BCUT2D eigenvalue weighted by atomic mass is 9.92. The van der Waals surface area contributed by atoms with Gasteiger partial charge < -0.3 is 0 Å². The minimum Gasteiger partial charge on any atom is -0.0655 e. The van der Waals surface area contributed by atoms with E-state index in [1.165, 1.54) is 67.7 Å². The van der Waals surface area contributed by atoms with E-state index in [0.717, 1.165) is 0 Å². The lowest BCUT2D eigenvalue weighted by molar-refractivity contribution is 0.876. The van der Waals surface area contributed by atoms with Crippen molar-refractivity contribution in [2.24, 2.45) is 0 Å². The molecule has 2 unspecified atom stereocenters. The number of hydrogen-bond donors (Lipinski definition) is 0. The highest BCUT2D eigenvalue weighted by Gasteiger charge is 2.28. The Kier molecular flexibility index (Phi) is 6.81. The fourth-order valence-corrected chi connectivity index (χ4v) is 9.88. The highest BCUT2D eigenvalue weighted by Crippen LogP contribution is 2.46. The molecular weight excluding hydrogens is 485 g/mol. The monoisotopic (exact) mass is 524 g/mol. The highest BCUT2D eigenvalue weighted by molar-refractivity contribution is 6.36. The number of aryl methyl sites for hydroxylation is 4. The van der Waals surface area contributed by atoms with Crippen LogP contribution in [0.3, 0.4) is 0 Å². The van der Waals surface area contributed by atoms with Gasteiger partial charge in [0.15, 0.2) is 0 Å². The molecule has 0 spiro atoms. The van der Waals surface area contributed by atoms with Crippen molar-refractivity contribution in [3.05, 3.63) is 128 Å². The Balaban J connectivity index is 1.22. The van der Waals surface area contributed by atoms with Gasteiger partial charge in [-0.25, -0.2) is 0 Å². The van der Waals surface area contributed by atoms with E-state index in [0.29, 0.717) is 11.8 Å². The number of fused-ring (bicyclic) bond motifs is 2. The van der Waals surface area contributed by atoms with Gasteiger partial charge in [-0.15, -0.1) is 0 Å². The van der Waals surface area contributed by atoms with Crippen LogP contribution in [0.1, 0.15) is 70.2 Å². The minimum absolute atomic E-state index is 0.248. The first kappa shape index (κ1) is 25.8. The van der Waals surface area contributed by atoms with Crippen LogP contribution in [-0.4, -0.2) is 9.52 Å². The molecule has 4 aromatic rings. The van der Waals surface area contributed by atoms with Crippen LogP contribution in [0.15, 0.2) is 83.9 Å². The summed E-state index contributed by atoms with van der Waals surface area (Å²) in [5, 5.41) is 0. The maximum atomic E-state index is 2.48. The molecule has 2 atom stereocenters. The summed E-state index contributed by atoms with van der Waals surface area (Å²) in [6, 6.07) is 30.6. The maximum Gasteiger partial charge on any atom is 0.0218 e. The number of hydrogen-bond acceptors (Lipinski definition) is 0. The molecule has 0 radical (unpaired) electrons. The number of benzene rings is 4. The molecule has 0 fully saturated rings. The third-order valence-electron chi connectivity index (χ3n) is 8.92. The average molecular weight is 525 g/mol. The molecule has 1 heteroatoms. The molecule has 2 aliphatic carbocycles. The zero-order chi connectivity index (χ0) is 27.3. The van der Waals surface area contributed by atoms with Crippen molar-refractivity contribution in [3.8, 4) is 22.3 Å². The largest absolute Gasteiger partial charge is 0.0655 e. The van der Waals surface area contributed by atoms with Crippen LogP contribution in [0.5, 0.6) is 0 Å². The Morgan fingerprint density at radius 1 is 0.513 bits per heavy atom. The van der Waals surface area contributed by atoms with Gasteiger partial charge in [0.25, 0.3) is 0 Å². The predicted octanol–water partition coefficient (Wildman–Crippen LogP) is 9.96. The van der Waals surface area contributed by atoms with Crippen LogP contribution in [-0.2, 0) is 0 Å². The Morgan fingerprint density at radius 2 is 0.897 bits per heavy atom. The molecule has 0 N–H and O–H groups in total. The molecule has 196 valence electrons. The first-order valence-electron chi connectivity index (χ1n) is 14.6. The summed E-state index contributed by atoms with van der Waals surface area (Å²) in [6.45, 7) is 13.5. The smallest absolute Gasteiger partial charge is 0.0218 e. The Hall–Kier alpha value is -3.42. The van der Waals surface area contributed by atoms with Crippen LogP contribution >= 0.6 is 0 Å². The van der Waals surface area contributed by atoms with Crippen LogP contribution in [0.4, 0.5) is 0 Å². The third-order valence-corrected chi connectivity index (χ3v) is 10.9. The second kappa shape index (κ2) is 10.3. The first-order valence-corrected chi connectivity index (χ1v) is 16.6. The van der Waals surface area contributed by atoms with Crippen molar-refractivity contribution in [2.75, 3.05) is 0 Å². The summed E-state index contributed by atoms with van der Waals surface area (Å²) in [6.07, 6.45) is 4.96. The van der Waals surface area contributed by atoms with Crippen LogP contribution in [0, 0.1) is 27.7 Å². The topological polar surface area (TPSA) is 0 Å². The van der Waals surface area contributed by atoms with Crippen molar-refractivity contribution in [1.29, 1.82) is 0 Å². The van der Waals surface area contributed by atoms with Crippen molar-refractivity contribution in [3.63, 3.8) is 0 Å². The lowest BCUT2D eigenvalue weighted by Crippen LogP contribution is -2.06. The molecule has 0 heterocycles. The minimum atomic E-state index is -0.248. The molecule has 0 saturated heterocycles. The Morgan fingerprint density at radius 3 is 1.28 bits per heavy atom. The van der Waals surface area contributed by atoms with Crippen molar-refractivity contribution < 1.29 is 0 Å².